The first kappa shape index (κ1) is 17.3. The van der Waals surface area contributed by atoms with E-state index in [1.54, 1.807) is 13.2 Å². The molecule has 23 heavy (non-hydrogen) atoms. The van der Waals surface area contributed by atoms with Crippen molar-refractivity contribution < 1.29 is 17.9 Å². The SMILES string of the molecule is COc1ccc(C/C=C/c2cc(C)c(C(F)(F)F)c(Cl)n2)cc1. The zero-order valence-corrected chi connectivity index (χ0v) is 13.4. The number of ether oxygens (including phenoxy) is 1. The summed E-state index contributed by atoms with van der Waals surface area (Å²) in [4.78, 5) is 3.80. The molecule has 0 fully saturated rings. The van der Waals surface area contributed by atoms with Gasteiger partial charge in [-0.1, -0.05) is 29.8 Å². The number of allylic oxidation sites excluding steroid dienone is 1. The van der Waals surface area contributed by atoms with Crippen LogP contribution in [-0.4, -0.2) is 12.1 Å². The summed E-state index contributed by atoms with van der Waals surface area (Å²) >= 11 is 5.67. The van der Waals surface area contributed by atoms with E-state index in [9.17, 15) is 13.2 Å². The van der Waals surface area contributed by atoms with Crippen LogP contribution in [0.15, 0.2) is 36.4 Å². The summed E-state index contributed by atoms with van der Waals surface area (Å²) in [6, 6.07) is 8.91. The lowest BCUT2D eigenvalue weighted by Gasteiger charge is -2.12. The molecule has 122 valence electrons. The van der Waals surface area contributed by atoms with Crippen LogP contribution in [-0.2, 0) is 12.6 Å². The number of alkyl halides is 3. The van der Waals surface area contributed by atoms with Crippen molar-refractivity contribution in [3.63, 3.8) is 0 Å². The number of pyridine rings is 1. The van der Waals surface area contributed by atoms with Gasteiger partial charge >= 0.3 is 6.18 Å². The molecule has 0 saturated heterocycles. The molecule has 2 nitrogen and oxygen atoms in total. The van der Waals surface area contributed by atoms with Gasteiger partial charge in [0.1, 0.15) is 10.9 Å². The van der Waals surface area contributed by atoms with E-state index in [2.05, 4.69) is 4.98 Å². The van der Waals surface area contributed by atoms with Crippen LogP contribution < -0.4 is 4.74 Å². The molecule has 0 aliphatic rings. The molecule has 2 rings (SSSR count). The molecule has 2 aromatic rings. The van der Waals surface area contributed by atoms with Crippen molar-refractivity contribution in [2.75, 3.05) is 7.11 Å². The lowest BCUT2D eigenvalue weighted by Crippen LogP contribution is -2.10. The van der Waals surface area contributed by atoms with E-state index in [4.69, 9.17) is 16.3 Å². The van der Waals surface area contributed by atoms with E-state index in [0.717, 1.165) is 11.3 Å². The van der Waals surface area contributed by atoms with Gasteiger partial charge in [0, 0.05) is 0 Å². The van der Waals surface area contributed by atoms with Crippen LogP contribution in [0.5, 0.6) is 5.75 Å². The Labute approximate surface area is 137 Å². The Morgan fingerprint density at radius 2 is 1.87 bits per heavy atom. The highest BCUT2D eigenvalue weighted by molar-refractivity contribution is 6.30. The number of halogens is 4. The molecular formula is C17H15ClF3NO. The van der Waals surface area contributed by atoms with Crippen LogP contribution in [0.3, 0.4) is 0 Å². The molecule has 1 heterocycles. The van der Waals surface area contributed by atoms with E-state index < -0.39 is 16.9 Å². The zero-order chi connectivity index (χ0) is 17.0. The first-order chi connectivity index (χ1) is 10.8. The minimum atomic E-state index is -4.50. The highest BCUT2D eigenvalue weighted by Crippen LogP contribution is 2.36. The fourth-order valence-electron chi connectivity index (χ4n) is 2.16. The zero-order valence-electron chi connectivity index (χ0n) is 12.6. The van der Waals surface area contributed by atoms with Gasteiger partial charge in [0.15, 0.2) is 0 Å². The standard InChI is InChI=1S/C17H15ClF3NO/c1-11-10-13(22-16(18)15(11)17(19,20)21)5-3-4-12-6-8-14(23-2)9-7-12/h3,5-10H,4H2,1-2H3/b5-3+. The summed E-state index contributed by atoms with van der Waals surface area (Å²) in [6.07, 6.45) is -0.390. The average Bonchev–Trinajstić information content (AvgIpc) is 2.45. The Morgan fingerprint density at radius 1 is 1.22 bits per heavy atom. The lowest BCUT2D eigenvalue weighted by atomic mass is 10.1. The molecule has 1 aromatic heterocycles. The van der Waals surface area contributed by atoms with Gasteiger partial charge in [-0.05, 0) is 48.7 Å². The van der Waals surface area contributed by atoms with E-state index in [-0.39, 0.29) is 5.56 Å². The summed E-state index contributed by atoms with van der Waals surface area (Å²) in [5.41, 5.74) is 0.624. The number of hydrogen-bond donors (Lipinski definition) is 0. The van der Waals surface area contributed by atoms with Crippen LogP contribution in [0.4, 0.5) is 13.2 Å². The molecule has 0 bridgehead atoms. The Bertz CT molecular complexity index is 686. The van der Waals surface area contributed by atoms with Gasteiger partial charge in [-0.15, -0.1) is 0 Å². The van der Waals surface area contributed by atoms with Gasteiger partial charge in [-0.25, -0.2) is 4.98 Å². The van der Waals surface area contributed by atoms with Gasteiger partial charge in [0.25, 0.3) is 0 Å². The second-order valence-electron chi connectivity index (χ2n) is 4.98. The fraction of sp³-hybridized carbons (Fsp3) is 0.235. The molecule has 1 aromatic carbocycles. The number of methoxy groups -OCH3 is 1. The Hall–Kier alpha value is -2.01. The Kier molecular flexibility index (Phi) is 5.31. The number of aryl methyl sites for hydroxylation is 1. The maximum atomic E-state index is 12.8. The number of nitrogens with zero attached hydrogens (tertiary/aromatic N) is 1. The van der Waals surface area contributed by atoms with Crippen LogP contribution in [0.1, 0.15) is 22.4 Å². The summed E-state index contributed by atoms with van der Waals surface area (Å²) in [7, 11) is 1.59. The van der Waals surface area contributed by atoms with E-state index in [0.29, 0.717) is 12.1 Å². The summed E-state index contributed by atoms with van der Waals surface area (Å²) in [5.74, 6) is 0.768. The monoisotopic (exact) mass is 341 g/mol. The third-order valence-corrected chi connectivity index (χ3v) is 3.55. The van der Waals surface area contributed by atoms with Gasteiger partial charge in [0.2, 0.25) is 0 Å². The van der Waals surface area contributed by atoms with Crippen LogP contribution >= 0.6 is 11.6 Å². The summed E-state index contributed by atoms with van der Waals surface area (Å²) in [5, 5.41) is -0.526. The highest BCUT2D eigenvalue weighted by atomic mass is 35.5. The van der Waals surface area contributed by atoms with Gasteiger partial charge in [-0.2, -0.15) is 13.2 Å². The summed E-state index contributed by atoms with van der Waals surface area (Å²) in [6.45, 7) is 1.37. The van der Waals surface area contributed by atoms with Crippen LogP contribution in [0.25, 0.3) is 6.08 Å². The first-order valence-corrected chi connectivity index (χ1v) is 7.23. The predicted molar refractivity (Wildman–Crippen MR) is 84.7 cm³/mol. The normalized spacial score (nSPS) is 11.9. The van der Waals surface area contributed by atoms with Crippen molar-refractivity contribution in [1.82, 2.24) is 4.98 Å². The molecule has 0 amide bonds. The van der Waals surface area contributed by atoms with Gasteiger partial charge < -0.3 is 4.74 Å². The quantitative estimate of drug-likeness (QED) is 0.701. The predicted octanol–water partition coefficient (Wildman–Crippen LogP) is 5.33. The smallest absolute Gasteiger partial charge is 0.419 e. The molecule has 0 aliphatic heterocycles. The summed E-state index contributed by atoms with van der Waals surface area (Å²) < 4.78 is 43.5. The Morgan fingerprint density at radius 3 is 2.39 bits per heavy atom. The fourth-order valence-corrected chi connectivity index (χ4v) is 2.52. The molecular weight excluding hydrogens is 327 g/mol. The molecule has 0 saturated carbocycles. The average molecular weight is 342 g/mol. The van der Waals surface area contributed by atoms with Crippen molar-refractivity contribution in [3.8, 4) is 5.75 Å². The minimum Gasteiger partial charge on any atom is -0.497 e. The number of rotatable bonds is 4. The second kappa shape index (κ2) is 7.04. The van der Waals surface area contributed by atoms with Crippen molar-refractivity contribution in [1.29, 1.82) is 0 Å². The molecule has 6 heteroatoms. The molecule has 0 atom stereocenters. The third-order valence-electron chi connectivity index (χ3n) is 3.28. The molecule has 0 N–H and O–H groups in total. The molecule has 0 aliphatic carbocycles. The largest absolute Gasteiger partial charge is 0.497 e. The van der Waals surface area contributed by atoms with Crippen molar-refractivity contribution in [3.05, 3.63) is 63.9 Å². The number of benzene rings is 1. The number of aromatic nitrogens is 1. The van der Waals surface area contributed by atoms with Crippen LogP contribution in [0.2, 0.25) is 5.15 Å². The van der Waals surface area contributed by atoms with Gasteiger partial charge in [0.05, 0.1) is 18.4 Å². The Balaban J connectivity index is 2.13. The topological polar surface area (TPSA) is 22.1 Å². The van der Waals surface area contributed by atoms with Crippen molar-refractivity contribution >= 4 is 17.7 Å². The highest BCUT2D eigenvalue weighted by Gasteiger charge is 2.35. The minimum absolute atomic E-state index is 0.0570. The molecule has 0 radical (unpaired) electrons. The molecule has 0 unspecified atom stereocenters. The maximum Gasteiger partial charge on any atom is 0.419 e. The van der Waals surface area contributed by atoms with Gasteiger partial charge in [-0.3, -0.25) is 0 Å². The van der Waals surface area contributed by atoms with E-state index in [1.165, 1.54) is 13.0 Å². The van der Waals surface area contributed by atoms with Crippen LogP contribution in [0, 0.1) is 6.92 Å². The molecule has 0 spiro atoms. The third kappa shape index (κ3) is 4.48. The second-order valence-corrected chi connectivity index (χ2v) is 5.34. The lowest BCUT2D eigenvalue weighted by molar-refractivity contribution is -0.138. The first-order valence-electron chi connectivity index (χ1n) is 6.85. The van der Waals surface area contributed by atoms with E-state index in [1.807, 2.05) is 30.3 Å². The van der Waals surface area contributed by atoms with Crippen molar-refractivity contribution in [2.45, 2.75) is 19.5 Å². The van der Waals surface area contributed by atoms with E-state index >= 15 is 0 Å². The maximum absolute atomic E-state index is 12.8. The van der Waals surface area contributed by atoms with Crippen molar-refractivity contribution in [2.24, 2.45) is 0 Å². The number of hydrogen-bond acceptors (Lipinski definition) is 2.